The summed E-state index contributed by atoms with van der Waals surface area (Å²) in [5.41, 5.74) is 0.691. The third-order valence-electron chi connectivity index (χ3n) is 2.90. The standard InChI is InChI=1S/C16H17N3O4/c1-3-14(20)18-12-6-5-10(7-11(9-17)16(22)23)13(8-12)19-15(21)4-2/h5-8H,3-4H2,1-2H3,(H,18,20)(H,19,21)(H,22,23). The molecule has 120 valence electrons. The highest BCUT2D eigenvalue weighted by atomic mass is 16.4. The molecule has 0 aromatic heterocycles. The Bertz CT molecular complexity index is 702. The highest BCUT2D eigenvalue weighted by Crippen LogP contribution is 2.24. The van der Waals surface area contributed by atoms with E-state index < -0.39 is 11.5 Å². The predicted octanol–water partition coefficient (Wildman–Crippen LogP) is 2.38. The second-order valence-electron chi connectivity index (χ2n) is 4.58. The van der Waals surface area contributed by atoms with Crippen LogP contribution in [0.1, 0.15) is 32.3 Å². The van der Waals surface area contributed by atoms with Crippen molar-refractivity contribution in [2.24, 2.45) is 0 Å². The summed E-state index contributed by atoms with van der Waals surface area (Å²) in [6, 6.07) is 6.19. The number of nitrogens with one attached hydrogen (secondary N) is 2. The van der Waals surface area contributed by atoms with Gasteiger partial charge in [0.1, 0.15) is 11.6 Å². The van der Waals surface area contributed by atoms with Crippen LogP contribution in [0.2, 0.25) is 0 Å². The number of anilines is 2. The number of aliphatic carboxylic acids is 1. The number of benzene rings is 1. The van der Waals surface area contributed by atoms with Gasteiger partial charge in [-0.1, -0.05) is 19.9 Å². The van der Waals surface area contributed by atoms with Crippen molar-refractivity contribution in [3.8, 4) is 6.07 Å². The number of carbonyl (C=O) groups is 3. The molecule has 0 radical (unpaired) electrons. The molecule has 0 fully saturated rings. The number of carbonyl (C=O) groups excluding carboxylic acids is 2. The van der Waals surface area contributed by atoms with Crippen molar-refractivity contribution in [3.63, 3.8) is 0 Å². The van der Waals surface area contributed by atoms with Gasteiger partial charge in [0.2, 0.25) is 11.8 Å². The van der Waals surface area contributed by atoms with E-state index >= 15 is 0 Å². The number of carboxylic acid groups (broad SMARTS) is 1. The molecule has 1 rings (SSSR count). The van der Waals surface area contributed by atoms with Crippen molar-refractivity contribution < 1.29 is 19.5 Å². The fourth-order valence-corrected chi connectivity index (χ4v) is 1.65. The Hall–Kier alpha value is -3.14. The van der Waals surface area contributed by atoms with Crippen molar-refractivity contribution in [3.05, 3.63) is 29.3 Å². The van der Waals surface area contributed by atoms with Gasteiger partial charge < -0.3 is 15.7 Å². The molecule has 0 saturated carbocycles. The van der Waals surface area contributed by atoms with Crippen LogP contribution in [0.4, 0.5) is 11.4 Å². The SMILES string of the molecule is CCC(=O)Nc1ccc(C=C(C#N)C(=O)O)c(NC(=O)CC)c1. The van der Waals surface area contributed by atoms with E-state index in [9.17, 15) is 14.4 Å². The number of nitrogens with zero attached hydrogens (tertiary/aromatic N) is 1. The zero-order chi connectivity index (χ0) is 17.4. The average Bonchev–Trinajstić information content (AvgIpc) is 2.53. The molecular weight excluding hydrogens is 298 g/mol. The van der Waals surface area contributed by atoms with Crippen molar-refractivity contribution >= 4 is 35.2 Å². The van der Waals surface area contributed by atoms with Crippen LogP contribution in [0, 0.1) is 11.3 Å². The minimum absolute atomic E-state index is 0.190. The number of hydrogen-bond acceptors (Lipinski definition) is 4. The number of hydrogen-bond donors (Lipinski definition) is 3. The summed E-state index contributed by atoms with van der Waals surface area (Å²) in [4.78, 5) is 34.0. The maximum absolute atomic E-state index is 11.6. The molecular formula is C16H17N3O4. The van der Waals surface area contributed by atoms with E-state index in [-0.39, 0.29) is 18.2 Å². The second-order valence-corrected chi connectivity index (χ2v) is 4.58. The van der Waals surface area contributed by atoms with E-state index in [1.54, 1.807) is 26.0 Å². The molecule has 0 spiro atoms. The van der Waals surface area contributed by atoms with Crippen LogP contribution in [0.5, 0.6) is 0 Å². The molecule has 3 N–H and O–H groups in total. The van der Waals surface area contributed by atoms with Gasteiger partial charge >= 0.3 is 5.97 Å². The molecule has 7 heteroatoms. The fourth-order valence-electron chi connectivity index (χ4n) is 1.65. The van der Waals surface area contributed by atoms with Crippen LogP contribution >= 0.6 is 0 Å². The highest BCUT2D eigenvalue weighted by molar-refractivity contribution is 6.00. The van der Waals surface area contributed by atoms with E-state index in [1.165, 1.54) is 18.2 Å². The molecule has 23 heavy (non-hydrogen) atoms. The lowest BCUT2D eigenvalue weighted by molar-refractivity contribution is -0.132. The van der Waals surface area contributed by atoms with E-state index in [4.69, 9.17) is 10.4 Å². The second kappa shape index (κ2) is 8.34. The molecule has 2 amide bonds. The first-order valence-electron chi connectivity index (χ1n) is 7.00. The molecule has 0 aliphatic heterocycles. The van der Waals surface area contributed by atoms with E-state index in [1.807, 2.05) is 0 Å². The van der Waals surface area contributed by atoms with Gasteiger partial charge in [-0.15, -0.1) is 0 Å². The van der Waals surface area contributed by atoms with Gasteiger partial charge in [0, 0.05) is 18.5 Å². The van der Waals surface area contributed by atoms with Crippen LogP contribution in [0.3, 0.4) is 0 Å². The van der Waals surface area contributed by atoms with Gasteiger partial charge in [-0.05, 0) is 23.8 Å². The van der Waals surface area contributed by atoms with Gasteiger partial charge in [0.05, 0.1) is 5.69 Å². The zero-order valence-corrected chi connectivity index (χ0v) is 12.8. The average molecular weight is 315 g/mol. The number of rotatable bonds is 6. The largest absolute Gasteiger partial charge is 0.477 e. The van der Waals surface area contributed by atoms with Crippen molar-refractivity contribution in [2.75, 3.05) is 10.6 Å². The number of amides is 2. The van der Waals surface area contributed by atoms with Crippen molar-refractivity contribution in [2.45, 2.75) is 26.7 Å². The molecule has 0 aliphatic carbocycles. The third-order valence-corrected chi connectivity index (χ3v) is 2.90. The predicted molar refractivity (Wildman–Crippen MR) is 85.5 cm³/mol. The van der Waals surface area contributed by atoms with Gasteiger partial charge in [-0.3, -0.25) is 9.59 Å². The molecule has 0 saturated heterocycles. The first kappa shape index (κ1) is 17.9. The lowest BCUT2D eigenvalue weighted by Crippen LogP contribution is -2.13. The summed E-state index contributed by atoms with van der Waals surface area (Å²) in [5.74, 6) is -1.82. The van der Waals surface area contributed by atoms with Crippen LogP contribution in [0.25, 0.3) is 6.08 Å². The van der Waals surface area contributed by atoms with Crippen molar-refractivity contribution in [1.29, 1.82) is 5.26 Å². The summed E-state index contributed by atoms with van der Waals surface area (Å²) in [6.45, 7) is 3.38. The Labute approximate surface area is 133 Å². The zero-order valence-electron chi connectivity index (χ0n) is 12.8. The summed E-state index contributed by atoms with van der Waals surface area (Å²) >= 11 is 0. The molecule has 1 aromatic rings. The maximum atomic E-state index is 11.6. The number of nitriles is 1. The first-order chi connectivity index (χ1) is 10.9. The Balaban J connectivity index is 3.28. The molecule has 0 heterocycles. The van der Waals surface area contributed by atoms with Gasteiger partial charge in [-0.2, -0.15) is 5.26 Å². The molecule has 0 atom stereocenters. The minimum atomic E-state index is -1.36. The molecule has 0 aliphatic rings. The first-order valence-corrected chi connectivity index (χ1v) is 7.00. The summed E-state index contributed by atoms with van der Waals surface area (Å²) in [7, 11) is 0. The van der Waals surface area contributed by atoms with Gasteiger partial charge in [0.15, 0.2) is 0 Å². The van der Waals surface area contributed by atoms with Gasteiger partial charge in [-0.25, -0.2) is 4.79 Å². The van der Waals surface area contributed by atoms with Crippen molar-refractivity contribution in [1.82, 2.24) is 0 Å². The fraction of sp³-hybridized carbons (Fsp3) is 0.250. The van der Waals surface area contributed by atoms with E-state index in [0.717, 1.165) is 0 Å². The Morgan fingerprint density at radius 2 is 1.78 bits per heavy atom. The van der Waals surface area contributed by atoms with E-state index in [2.05, 4.69) is 10.6 Å². The van der Waals surface area contributed by atoms with Crippen LogP contribution in [-0.4, -0.2) is 22.9 Å². The minimum Gasteiger partial charge on any atom is -0.477 e. The molecule has 7 nitrogen and oxygen atoms in total. The summed E-state index contributed by atoms with van der Waals surface area (Å²) in [5, 5.41) is 23.0. The third kappa shape index (κ3) is 5.28. The summed E-state index contributed by atoms with van der Waals surface area (Å²) in [6.07, 6.45) is 1.70. The Kier molecular flexibility index (Phi) is 6.49. The van der Waals surface area contributed by atoms with E-state index in [0.29, 0.717) is 23.4 Å². The van der Waals surface area contributed by atoms with Crippen LogP contribution < -0.4 is 10.6 Å². The van der Waals surface area contributed by atoms with Gasteiger partial charge in [0.25, 0.3) is 0 Å². The monoisotopic (exact) mass is 315 g/mol. The topological polar surface area (TPSA) is 119 Å². The molecule has 0 bridgehead atoms. The number of carboxylic acids is 1. The highest BCUT2D eigenvalue weighted by Gasteiger charge is 2.11. The quantitative estimate of drug-likeness (QED) is 0.550. The Morgan fingerprint density at radius 1 is 1.17 bits per heavy atom. The molecule has 0 unspecified atom stereocenters. The van der Waals surface area contributed by atoms with Crippen LogP contribution in [-0.2, 0) is 14.4 Å². The van der Waals surface area contributed by atoms with Crippen LogP contribution in [0.15, 0.2) is 23.8 Å². The maximum Gasteiger partial charge on any atom is 0.346 e. The summed E-state index contributed by atoms with van der Waals surface area (Å²) < 4.78 is 0. The molecule has 1 aromatic carbocycles. The lowest BCUT2D eigenvalue weighted by Gasteiger charge is -2.11. The Morgan fingerprint density at radius 3 is 2.30 bits per heavy atom. The smallest absolute Gasteiger partial charge is 0.346 e. The lowest BCUT2D eigenvalue weighted by atomic mass is 10.1. The normalized spacial score (nSPS) is 10.6.